The topological polar surface area (TPSA) is 81.8 Å². The molecule has 3 rings (SSSR count). The zero-order valence-corrected chi connectivity index (χ0v) is 19.2. The fourth-order valence-corrected chi connectivity index (χ4v) is 4.64. The zero-order chi connectivity index (χ0) is 21.9. The highest BCUT2D eigenvalue weighted by molar-refractivity contribution is 7.88. The van der Waals surface area contributed by atoms with Gasteiger partial charge < -0.3 is 10.2 Å². The Kier molecular flexibility index (Phi) is 7.20. The van der Waals surface area contributed by atoms with Crippen LogP contribution in [0, 0.1) is 0 Å². The number of rotatable bonds is 4. The van der Waals surface area contributed by atoms with Crippen molar-refractivity contribution < 1.29 is 13.2 Å². The van der Waals surface area contributed by atoms with Crippen molar-refractivity contribution in [2.24, 2.45) is 0 Å². The molecule has 0 unspecified atom stereocenters. The molecule has 0 atom stereocenters. The van der Waals surface area contributed by atoms with Gasteiger partial charge in [-0.1, -0.05) is 35.3 Å². The number of piperazine rings is 1. The first-order chi connectivity index (χ1) is 14.1. The molecule has 11 heteroatoms. The number of sulfonamides is 1. The number of hydrogen-bond acceptors (Lipinski definition) is 5. The summed E-state index contributed by atoms with van der Waals surface area (Å²) in [6, 6.07) is 12.1. The average molecular weight is 487 g/mol. The van der Waals surface area contributed by atoms with Gasteiger partial charge in [0.1, 0.15) is 0 Å². The Morgan fingerprint density at radius 1 is 1.07 bits per heavy atom. The van der Waals surface area contributed by atoms with E-state index in [1.807, 2.05) is 24.3 Å². The first-order valence-electron chi connectivity index (χ1n) is 9.01. The van der Waals surface area contributed by atoms with E-state index in [1.165, 1.54) is 22.7 Å². The van der Waals surface area contributed by atoms with Crippen molar-refractivity contribution in [2.75, 3.05) is 42.7 Å². The summed E-state index contributed by atoms with van der Waals surface area (Å²) in [5.74, 6) is -0.451. The van der Waals surface area contributed by atoms with Gasteiger partial charge in [-0.15, -0.1) is 0 Å². The summed E-state index contributed by atoms with van der Waals surface area (Å²) in [5.41, 5.74) is 1.83. The van der Waals surface area contributed by atoms with Crippen molar-refractivity contribution in [1.29, 1.82) is 0 Å². The summed E-state index contributed by atoms with van der Waals surface area (Å²) in [7, 11) is -3.20. The van der Waals surface area contributed by atoms with Crippen molar-refractivity contribution in [3.63, 3.8) is 0 Å². The van der Waals surface area contributed by atoms with Gasteiger partial charge in [0, 0.05) is 31.2 Å². The first-order valence-corrected chi connectivity index (χ1v) is 12.0. The molecule has 30 heavy (non-hydrogen) atoms. The SMILES string of the molecule is CS(=O)(=O)N1CCN(c2ccccc2NC(=S)NC(=O)c2ccc(Cl)cc2Cl)CC1. The number of nitrogens with one attached hydrogen (secondary N) is 2. The van der Waals surface area contributed by atoms with Crippen LogP contribution in [0.4, 0.5) is 11.4 Å². The molecule has 1 aliphatic heterocycles. The smallest absolute Gasteiger partial charge is 0.258 e. The molecule has 2 aromatic carbocycles. The predicted molar refractivity (Wildman–Crippen MR) is 125 cm³/mol. The number of amides is 1. The van der Waals surface area contributed by atoms with Crippen LogP contribution in [0.15, 0.2) is 42.5 Å². The van der Waals surface area contributed by atoms with Crippen molar-refractivity contribution in [3.05, 3.63) is 58.1 Å². The van der Waals surface area contributed by atoms with Gasteiger partial charge in [-0.05, 0) is 42.5 Å². The Morgan fingerprint density at radius 3 is 2.37 bits per heavy atom. The van der Waals surface area contributed by atoms with E-state index in [-0.39, 0.29) is 15.7 Å². The van der Waals surface area contributed by atoms with Crippen LogP contribution in [0.1, 0.15) is 10.4 Å². The fourth-order valence-electron chi connectivity index (χ4n) is 3.11. The number of anilines is 2. The highest BCUT2D eigenvalue weighted by atomic mass is 35.5. The van der Waals surface area contributed by atoms with Crippen molar-refractivity contribution >= 4 is 67.8 Å². The maximum Gasteiger partial charge on any atom is 0.258 e. The minimum atomic E-state index is -3.20. The molecule has 2 aromatic rings. The second-order valence-corrected chi connectivity index (χ2v) is 9.93. The summed E-state index contributed by atoms with van der Waals surface area (Å²) in [6.07, 6.45) is 1.21. The van der Waals surface area contributed by atoms with Gasteiger partial charge in [0.05, 0.1) is 28.2 Å². The molecule has 160 valence electrons. The summed E-state index contributed by atoms with van der Waals surface area (Å²) in [4.78, 5) is 14.5. The number of carbonyl (C=O) groups is 1. The molecule has 0 aromatic heterocycles. The van der Waals surface area contributed by atoms with E-state index in [4.69, 9.17) is 35.4 Å². The van der Waals surface area contributed by atoms with E-state index < -0.39 is 15.9 Å². The first kappa shape index (κ1) is 22.8. The average Bonchev–Trinajstić information content (AvgIpc) is 2.67. The second-order valence-electron chi connectivity index (χ2n) is 6.70. The minimum absolute atomic E-state index is 0.119. The summed E-state index contributed by atoms with van der Waals surface area (Å²) < 4.78 is 24.9. The standard InChI is InChI=1S/C19H20Cl2N4O3S2/c1-30(27,28)25-10-8-24(9-11-25)17-5-3-2-4-16(17)22-19(29)23-18(26)14-7-6-13(20)12-15(14)21/h2-7,12H,8-11H2,1H3,(H2,22,23,26,29). The van der Waals surface area contributed by atoms with E-state index in [0.717, 1.165) is 5.69 Å². The van der Waals surface area contributed by atoms with Gasteiger partial charge in [0.25, 0.3) is 5.91 Å². The van der Waals surface area contributed by atoms with Crippen LogP contribution in [-0.4, -0.2) is 56.2 Å². The molecule has 1 amide bonds. The van der Waals surface area contributed by atoms with Crippen LogP contribution in [0.5, 0.6) is 0 Å². The summed E-state index contributed by atoms with van der Waals surface area (Å²) in [5, 5.41) is 6.43. The largest absolute Gasteiger partial charge is 0.367 e. The molecule has 0 aliphatic carbocycles. The number of halogens is 2. The summed E-state index contributed by atoms with van der Waals surface area (Å²) >= 11 is 17.2. The van der Waals surface area contributed by atoms with Gasteiger partial charge in [-0.25, -0.2) is 8.42 Å². The molecule has 0 radical (unpaired) electrons. The Hall–Kier alpha value is -1.91. The van der Waals surface area contributed by atoms with E-state index in [1.54, 1.807) is 6.07 Å². The van der Waals surface area contributed by atoms with E-state index in [9.17, 15) is 13.2 Å². The van der Waals surface area contributed by atoms with Crippen LogP contribution >= 0.6 is 35.4 Å². The van der Waals surface area contributed by atoms with Crippen LogP contribution < -0.4 is 15.5 Å². The van der Waals surface area contributed by atoms with Crippen molar-refractivity contribution in [2.45, 2.75) is 0 Å². The van der Waals surface area contributed by atoms with Gasteiger partial charge in [0.15, 0.2) is 5.11 Å². The van der Waals surface area contributed by atoms with Gasteiger partial charge in [-0.3, -0.25) is 10.1 Å². The Morgan fingerprint density at radius 2 is 1.73 bits per heavy atom. The Balaban J connectivity index is 1.67. The van der Waals surface area contributed by atoms with Crippen LogP contribution in [0.3, 0.4) is 0 Å². The molecule has 2 N–H and O–H groups in total. The van der Waals surface area contributed by atoms with E-state index in [0.29, 0.717) is 36.9 Å². The molecule has 1 saturated heterocycles. The second kappa shape index (κ2) is 9.49. The van der Waals surface area contributed by atoms with Gasteiger partial charge >= 0.3 is 0 Å². The van der Waals surface area contributed by atoms with Crippen molar-refractivity contribution in [1.82, 2.24) is 9.62 Å². The normalized spacial score (nSPS) is 15.0. The Bertz CT molecular complexity index is 1070. The molecule has 0 spiro atoms. The third-order valence-electron chi connectivity index (χ3n) is 4.60. The minimum Gasteiger partial charge on any atom is -0.367 e. The maximum absolute atomic E-state index is 12.5. The number of benzene rings is 2. The molecule has 1 fully saturated rings. The lowest BCUT2D eigenvalue weighted by Gasteiger charge is -2.35. The highest BCUT2D eigenvalue weighted by Gasteiger charge is 2.24. The number of hydrogen-bond donors (Lipinski definition) is 2. The fraction of sp³-hybridized carbons (Fsp3) is 0.263. The molecule has 1 heterocycles. The molecule has 1 aliphatic rings. The highest BCUT2D eigenvalue weighted by Crippen LogP contribution is 2.27. The Labute approximate surface area is 191 Å². The quantitative estimate of drug-likeness (QED) is 0.645. The third kappa shape index (κ3) is 5.61. The number of carbonyl (C=O) groups excluding carboxylic acids is 1. The van der Waals surface area contributed by atoms with Crippen molar-refractivity contribution in [3.8, 4) is 0 Å². The van der Waals surface area contributed by atoms with Crippen LogP contribution in [-0.2, 0) is 10.0 Å². The van der Waals surface area contributed by atoms with Crippen LogP contribution in [0.2, 0.25) is 10.0 Å². The lowest BCUT2D eigenvalue weighted by atomic mass is 10.2. The van der Waals surface area contributed by atoms with Crippen LogP contribution in [0.25, 0.3) is 0 Å². The molecule has 0 bridgehead atoms. The molecular formula is C19H20Cl2N4O3S2. The third-order valence-corrected chi connectivity index (χ3v) is 6.66. The monoisotopic (exact) mass is 486 g/mol. The van der Waals surface area contributed by atoms with E-state index in [2.05, 4.69) is 15.5 Å². The van der Waals surface area contributed by atoms with E-state index >= 15 is 0 Å². The zero-order valence-electron chi connectivity index (χ0n) is 16.1. The lowest BCUT2D eigenvalue weighted by Crippen LogP contribution is -2.48. The van der Waals surface area contributed by atoms with Gasteiger partial charge in [0.2, 0.25) is 10.0 Å². The molecular weight excluding hydrogens is 467 g/mol. The molecule has 7 nitrogen and oxygen atoms in total. The number of nitrogens with zero attached hydrogens (tertiary/aromatic N) is 2. The van der Waals surface area contributed by atoms with Gasteiger partial charge in [-0.2, -0.15) is 4.31 Å². The lowest BCUT2D eigenvalue weighted by molar-refractivity contribution is 0.0978. The summed E-state index contributed by atoms with van der Waals surface area (Å²) in [6.45, 7) is 1.91. The molecule has 0 saturated carbocycles. The maximum atomic E-state index is 12.5. The predicted octanol–water partition coefficient (Wildman–Crippen LogP) is 3.20. The number of thiocarbonyl (C=S) groups is 1. The number of para-hydroxylation sites is 2.